The van der Waals surface area contributed by atoms with Gasteiger partial charge in [-0.2, -0.15) is 18.2 Å². The molecule has 5 heteroatoms. The quantitative estimate of drug-likeness (QED) is 0.707. The Kier molecular flexibility index (Phi) is 5.12. The molecule has 1 atom stereocenters. The van der Waals surface area contributed by atoms with Crippen LogP contribution >= 0.6 is 0 Å². The maximum atomic E-state index is 13.0. The van der Waals surface area contributed by atoms with Crippen molar-refractivity contribution in [2.75, 3.05) is 0 Å². The molecule has 0 N–H and O–H groups in total. The molecule has 1 aromatic rings. The van der Waals surface area contributed by atoms with Crippen molar-refractivity contribution in [3.05, 3.63) is 35.9 Å². The van der Waals surface area contributed by atoms with E-state index in [0.717, 1.165) is 19.3 Å². The number of piperidine rings is 1. The predicted molar refractivity (Wildman–Crippen MR) is 84.8 cm³/mol. The van der Waals surface area contributed by atoms with Crippen LogP contribution in [0.5, 0.6) is 0 Å². The van der Waals surface area contributed by atoms with Gasteiger partial charge in [0.2, 0.25) is 0 Å². The highest BCUT2D eigenvalue weighted by atomic mass is 19.4. The molecule has 1 saturated heterocycles. The van der Waals surface area contributed by atoms with Gasteiger partial charge in [-0.25, -0.2) is 0 Å². The summed E-state index contributed by atoms with van der Waals surface area (Å²) < 4.78 is 39.1. The van der Waals surface area contributed by atoms with Crippen molar-refractivity contribution < 1.29 is 18.0 Å². The van der Waals surface area contributed by atoms with E-state index in [1.165, 1.54) is 0 Å². The van der Waals surface area contributed by atoms with E-state index in [9.17, 15) is 13.2 Å². The standard InChI is InChI=1S/C18H26F3NO/c1-16(2)11-8-12-17(3,4)22(16)23-15(13-18(19,20)21)14-9-6-5-7-10-14/h5-7,9-10,15H,8,11-13H2,1-4H3. The molecule has 1 aliphatic rings. The third kappa shape index (κ3) is 4.70. The Balaban J connectivity index is 2.29. The Labute approximate surface area is 136 Å². The van der Waals surface area contributed by atoms with Crippen LogP contribution in [0, 0.1) is 0 Å². The van der Waals surface area contributed by atoms with Gasteiger partial charge in [0.1, 0.15) is 6.10 Å². The Morgan fingerprint density at radius 2 is 1.57 bits per heavy atom. The van der Waals surface area contributed by atoms with Crippen LogP contribution in [0.15, 0.2) is 30.3 Å². The first kappa shape index (κ1) is 18.3. The number of rotatable bonds is 4. The lowest BCUT2D eigenvalue weighted by atomic mass is 9.82. The average molecular weight is 329 g/mol. The van der Waals surface area contributed by atoms with Crippen LogP contribution in [-0.4, -0.2) is 22.3 Å². The normalized spacial score (nSPS) is 22.7. The number of hydrogen-bond donors (Lipinski definition) is 0. The highest BCUT2D eigenvalue weighted by Gasteiger charge is 2.45. The van der Waals surface area contributed by atoms with Gasteiger partial charge in [0, 0.05) is 11.1 Å². The minimum absolute atomic E-state index is 0.291. The Morgan fingerprint density at radius 1 is 1.04 bits per heavy atom. The second-order valence-electron chi connectivity index (χ2n) is 7.60. The fourth-order valence-electron chi connectivity index (χ4n) is 3.48. The predicted octanol–water partition coefficient (Wildman–Crippen LogP) is 5.65. The molecule has 1 heterocycles. The summed E-state index contributed by atoms with van der Waals surface area (Å²) in [6.07, 6.45) is -3.42. The number of alkyl halides is 3. The van der Waals surface area contributed by atoms with Gasteiger partial charge in [-0.05, 0) is 52.5 Å². The van der Waals surface area contributed by atoms with Crippen molar-refractivity contribution >= 4 is 0 Å². The van der Waals surface area contributed by atoms with Crippen molar-refractivity contribution in [2.45, 2.75) is 76.7 Å². The zero-order valence-corrected chi connectivity index (χ0v) is 14.3. The molecule has 1 unspecified atom stereocenters. The summed E-state index contributed by atoms with van der Waals surface area (Å²) in [6, 6.07) is 8.67. The van der Waals surface area contributed by atoms with E-state index in [1.807, 2.05) is 27.7 Å². The third-order valence-corrected chi connectivity index (χ3v) is 4.50. The lowest BCUT2D eigenvalue weighted by Crippen LogP contribution is -2.58. The van der Waals surface area contributed by atoms with Crippen molar-refractivity contribution in [1.29, 1.82) is 0 Å². The SMILES string of the molecule is CC1(C)CCCC(C)(C)N1OC(CC(F)(F)F)c1ccccc1. The number of hydroxylamine groups is 2. The van der Waals surface area contributed by atoms with E-state index in [0.29, 0.717) is 5.56 Å². The zero-order valence-electron chi connectivity index (χ0n) is 14.3. The smallest absolute Gasteiger partial charge is 0.290 e. The molecule has 1 aliphatic heterocycles. The molecule has 0 aliphatic carbocycles. The second-order valence-corrected chi connectivity index (χ2v) is 7.60. The first-order valence-electron chi connectivity index (χ1n) is 8.10. The maximum absolute atomic E-state index is 13.0. The molecule has 0 radical (unpaired) electrons. The minimum Gasteiger partial charge on any atom is -0.290 e. The monoisotopic (exact) mass is 329 g/mol. The van der Waals surface area contributed by atoms with Crippen LogP contribution < -0.4 is 0 Å². The van der Waals surface area contributed by atoms with Gasteiger partial charge in [-0.15, -0.1) is 0 Å². The number of benzene rings is 1. The van der Waals surface area contributed by atoms with Crippen LogP contribution in [0.1, 0.15) is 65.0 Å². The van der Waals surface area contributed by atoms with Crippen molar-refractivity contribution in [1.82, 2.24) is 5.06 Å². The Bertz CT molecular complexity index is 495. The van der Waals surface area contributed by atoms with Crippen LogP contribution in [0.4, 0.5) is 13.2 Å². The molecule has 2 nitrogen and oxygen atoms in total. The van der Waals surface area contributed by atoms with Crippen molar-refractivity contribution in [3.63, 3.8) is 0 Å². The summed E-state index contributed by atoms with van der Waals surface area (Å²) in [4.78, 5) is 6.00. The molecule has 1 fully saturated rings. The van der Waals surface area contributed by atoms with Gasteiger partial charge in [0.25, 0.3) is 0 Å². The van der Waals surface area contributed by atoms with Gasteiger partial charge in [0.05, 0.1) is 6.42 Å². The van der Waals surface area contributed by atoms with Crippen LogP contribution in [-0.2, 0) is 4.84 Å². The molecule has 0 bridgehead atoms. The van der Waals surface area contributed by atoms with Crippen LogP contribution in [0.3, 0.4) is 0 Å². The van der Waals surface area contributed by atoms with Crippen LogP contribution in [0.2, 0.25) is 0 Å². The molecule has 0 aromatic heterocycles. The molecule has 23 heavy (non-hydrogen) atoms. The van der Waals surface area contributed by atoms with Crippen LogP contribution in [0.25, 0.3) is 0 Å². The Hall–Kier alpha value is -1.07. The van der Waals surface area contributed by atoms with Gasteiger partial charge in [-0.1, -0.05) is 30.3 Å². The average Bonchev–Trinajstić information content (AvgIpc) is 2.41. The molecule has 0 amide bonds. The molecule has 0 spiro atoms. The molecule has 2 rings (SSSR count). The summed E-state index contributed by atoms with van der Waals surface area (Å²) in [7, 11) is 0. The molecule has 0 saturated carbocycles. The third-order valence-electron chi connectivity index (χ3n) is 4.50. The van der Waals surface area contributed by atoms with E-state index in [4.69, 9.17) is 4.84 Å². The zero-order chi connectivity index (χ0) is 17.3. The maximum Gasteiger partial charge on any atom is 0.392 e. The molecular weight excluding hydrogens is 303 g/mol. The molecule has 130 valence electrons. The number of halogens is 3. The van der Waals surface area contributed by atoms with E-state index in [-0.39, 0.29) is 11.1 Å². The van der Waals surface area contributed by atoms with E-state index in [2.05, 4.69) is 0 Å². The highest BCUT2D eigenvalue weighted by molar-refractivity contribution is 5.18. The number of nitrogens with zero attached hydrogens (tertiary/aromatic N) is 1. The first-order chi connectivity index (χ1) is 10.5. The minimum atomic E-state index is -4.27. The van der Waals surface area contributed by atoms with Gasteiger partial charge < -0.3 is 0 Å². The van der Waals surface area contributed by atoms with Gasteiger partial charge in [-0.3, -0.25) is 4.84 Å². The van der Waals surface area contributed by atoms with Gasteiger partial charge in [0.15, 0.2) is 0 Å². The van der Waals surface area contributed by atoms with Crippen molar-refractivity contribution in [2.24, 2.45) is 0 Å². The van der Waals surface area contributed by atoms with Crippen molar-refractivity contribution in [3.8, 4) is 0 Å². The van der Waals surface area contributed by atoms with E-state index >= 15 is 0 Å². The highest BCUT2D eigenvalue weighted by Crippen LogP contribution is 2.42. The Morgan fingerprint density at radius 3 is 2.04 bits per heavy atom. The fourth-order valence-corrected chi connectivity index (χ4v) is 3.48. The summed E-state index contributed by atoms with van der Waals surface area (Å²) in [5.41, 5.74) is -0.0252. The topological polar surface area (TPSA) is 12.5 Å². The largest absolute Gasteiger partial charge is 0.392 e. The molecule has 1 aromatic carbocycles. The second kappa shape index (κ2) is 6.44. The van der Waals surface area contributed by atoms with Gasteiger partial charge >= 0.3 is 6.18 Å². The fraction of sp³-hybridized carbons (Fsp3) is 0.667. The number of hydrogen-bond acceptors (Lipinski definition) is 2. The lowest BCUT2D eigenvalue weighted by Gasteiger charge is -2.52. The van der Waals surface area contributed by atoms with E-state index < -0.39 is 18.7 Å². The first-order valence-corrected chi connectivity index (χ1v) is 8.10. The lowest BCUT2D eigenvalue weighted by molar-refractivity contribution is -0.319. The summed E-state index contributed by atoms with van der Waals surface area (Å²) >= 11 is 0. The summed E-state index contributed by atoms with van der Waals surface area (Å²) in [5.74, 6) is 0. The summed E-state index contributed by atoms with van der Waals surface area (Å²) in [5, 5.41) is 1.80. The van der Waals surface area contributed by atoms with E-state index in [1.54, 1.807) is 35.4 Å². The molecular formula is C18H26F3NO. The summed E-state index contributed by atoms with van der Waals surface area (Å²) in [6.45, 7) is 8.13.